The zero-order chi connectivity index (χ0) is 8.55. The van der Waals surface area contributed by atoms with Gasteiger partial charge in [-0.2, -0.15) is 0 Å². The van der Waals surface area contributed by atoms with E-state index >= 15 is 0 Å². The Hall–Kier alpha value is -0.740. The molecular weight excluding hydrogens is 245 g/mol. The van der Waals surface area contributed by atoms with Gasteiger partial charge in [-0.15, -0.1) is 0 Å². The highest BCUT2D eigenvalue weighted by molar-refractivity contribution is 9.10. The van der Waals surface area contributed by atoms with Crippen LogP contribution >= 0.6 is 27.5 Å². The van der Waals surface area contributed by atoms with Crippen LogP contribution < -0.4 is 0 Å². The molecule has 0 bridgehead atoms. The zero-order valence-corrected chi connectivity index (χ0v) is 8.09. The van der Waals surface area contributed by atoms with Crippen molar-refractivity contribution >= 4 is 27.5 Å². The maximum absolute atomic E-state index is 5.57. The van der Waals surface area contributed by atoms with Crippen LogP contribution in [0.25, 0.3) is 11.7 Å². The van der Waals surface area contributed by atoms with E-state index in [0.717, 1.165) is 0 Å². The number of furan rings is 1. The molecule has 0 aliphatic rings. The Morgan fingerprint density at radius 3 is 2.67 bits per heavy atom. The van der Waals surface area contributed by atoms with Crippen LogP contribution in [-0.4, -0.2) is 4.98 Å². The highest BCUT2D eigenvalue weighted by Gasteiger charge is 2.08. The number of oxazole rings is 1. The lowest BCUT2D eigenvalue weighted by Crippen LogP contribution is -1.68. The summed E-state index contributed by atoms with van der Waals surface area (Å²) >= 11 is 8.70. The Balaban J connectivity index is 2.43. The van der Waals surface area contributed by atoms with Crippen molar-refractivity contribution in [3.05, 3.63) is 28.2 Å². The molecule has 0 aromatic carbocycles. The fourth-order valence-electron chi connectivity index (χ4n) is 0.798. The molecule has 0 aliphatic heterocycles. The Morgan fingerprint density at radius 1 is 1.33 bits per heavy atom. The molecule has 0 atom stereocenters. The number of hydrogen-bond donors (Lipinski definition) is 0. The molecule has 3 nitrogen and oxygen atoms in total. The van der Waals surface area contributed by atoms with Gasteiger partial charge >= 0.3 is 0 Å². The fraction of sp³-hybridized carbons (Fsp3) is 0. The van der Waals surface area contributed by atoms with Crippen molar-refractivity contribution in [2.45, 2.75) is 0 Å². The maximum atomic E-state index is 5.57. The summed E-state index contributed by atoms with van der Waals surface area (Å²) in [7, 11) is 0. The van der Waals surface area contributed by atoms with Gasteiger partial charge in [0.1, 0.15) is 0 Å². The molecular formula is C7H3BrClNO2. The zero-order valence-electron chi connectivity index (χ0n) is 5.75. The van der Waals surface area contributed by atoms with Crippen molar-refractivity contribution in [2.24, 2.45) is 0 Å². The van der Waals surface area contributed by atoms with E-state index in [0.29, 0.717) is 21.5 Å². The van der Waals surface area contributed by atoms with Crippen LogP contribution in [0.2, 0.25) is 5.22 Å². The third kappa shape index (κ3) is 1.40. The van der Waals surface area contributed by atoms with E-state index < -0.39 is 0 Å². The molecule has 2 aromatic heterocycles. The van der Waals surface area contributed by atoms with Gasteiger partial charge in [0.2, 0.25) is 0 Å². The van der Waals surface area contributed by atoms with Crippen LogP contribution in [-0.2, 0) is 0 Å². The van der Waals surface area contributed by atoms with E-state index in [1.807, 2.05) is 0 Å². The minimum atomic E-state index is 0.319. The summed E-state index contributed by atoms with van der Waals surface area (Å²) in [6.45, 7) is 0. The highest BCUT2D eigenvalue weighted by Crippen LogP contribution is 2.25. The van der Waals surface area contributed by atoms with Gasteiger partial charge in [0.05, 0.1) is 6.20 Å². The van der Waals surface area contributed by atoms with Crippen molar-refractivity contribution in [1.29, 1.82) is 0 Å². The molecule has 0 unspecified atom stereocenters. The predicted molar refractivity (Wildman–Crippen MR) is 46.9 cm³/mol. The average molecular weight is 248 g/mol. The predicted octanol–water partition coefficient (Wildman–Crippen LogP) is 3.35. The van der Waals surface area contributed by atoms with Gasteiger partial charge in [0, 0.05) is 0 Å². The third-order valence-corrected chi connectivity index (χ3v) is 1.83. The summed E-state index contributed by atoms with van der Waals surface area (Å²) in [5, 5.41) is 0.319. The molecule has 5 heteroatoms. The van der Waals surface area contributed by atoms with E-state index in [-0.39, 0.29) is 0 Å². The Kier molecular flexibility index (Phi) is 1.94. The summed E-state index contributed by atoms with van der Waals surface area (Å²) < 4.78 is 10.8. The molecule has 0 saturated heterocycles. The lowest BCUT2D eigenvalue weighted by Gasteiger charge is -1.85. The number of nitrogens with zero attached hydrogens (tertiary/aromatic N) is 1. The molecule has 2 rings (SSSR count). The lowest BCUT2D eigenvalue weighted by atomic mass is 10.4. The largest absolute Gasteiger partial charge is 0.440 e. The molecule has 0 fully saturated rings. The average Bonchev–Trinajstić information content (AvgIpc) is 2.58. The number of aromatic nitrogens is 1. The van der Waals surface area contributed by atoms with Crippen molar-refractivity contribution < 1.29 is 8.83 Å². The lowest BCUT2D eigenvalue weighted by molar-refractivity contribution is 0.505. The van der Waals surface area contributed by atoms with Crippen LogP contribution in [0.4, 0.5) is 0 Å². The monoisotopic (exact) mass is 247 g/mol. The standard InChI is InChI=1S/C7H3BrClNO2/c8-5-3-10-7(12-5)4-1-2-6(9)11-4/h1-3H. The SMILES string of the molecule is Clc1ccc(-c2ncc(Br)o2)o1. The Bertz CT molecular complexity index is 357. The molecule has 0 aliphatic carbocycles. The van der Waals surface area contributed by atoms with Gasteiger partial charge in [-0.3, -0.25) is 0 Å². The van der Waals surface area contributed by atoms with Gasteiger partial charge in [0.25, 0.3) is 5.89 Å². The number of hydrogen-bond acceptors (Lipinski definition) is 3. The van der Waals surface area contributed by atoms with E-state index in [2.05, 4.69) is 20.9 Å². The minimum absolute atomic E-state index is 0.319. The van der Waals surface area contributed by atoms with Gasteiger partial charge in [-0.05, 0) is 39.7 Å². The van der Waals surface area contributed by atoms with E-state index in [9.17, 15) is 0 Å². The van der Waals surface area contributed by atoms with Crippen LogP contribution in [0, 0.1) is 0 Å². The van der Waals surface area contributed by atoms with Crippen LogP contribution in [0.3, 0.4) is 0 Å². The van der Waals surface area contributed by atoms with Gasteiger partial charge in [-0.1, -0.05) is 0 Å². The smallest absolute Gasteiger partial charge is 0.263 e. The topological polar surface area (TPSA) is 39.2 Å². The second-order valence-electron chi connectivity index (χ2n) is 2.07. The van der Waals surface area contributed by atoms with Crippen molar-refractivity contribution in [1.82, 2.24) is 4.98 Å². The van der Waals surface area contributed by atoms with Gasteiger partial charge in [-0.25, -0.2) is 4.98 Å². The molecule has 0 N–H and O–H groups in total. The first-order valence-corrected chi connectivity index (χ1v) is 4.30. The second kappa shape index (κ2) is 2.95. The van der Waals surface area contributed by atoms with Gasteiger partial charge in [0.15, 0.2) is 15.6 Å². The summed E-state index contributed by atoms with van der Waals surface area (Å²) in [5.74, 6) is 0.930. The fourth-order valence-corrected chi connectivity index (χ4v) is 1.20. The first-order chi connectivity index (χ1) is 5.75. The molecule has 0 saturated carbocycles. The van der Waals surface area contributed by atoms with Gasteiger partial charge < -0.3 is 8.83 Å². The van der Waals surface area contributed by atoms with E-state index in [4.69, 9.17) is 20.4 Å². The van der Waals surface area contributed by atoms with Crippen LogP contribution in [0.1, 0.15) is 0 Å². The van der Waals surface area contributed by atoms with Crippen LogP contribution in [0.5, 0.6) is 0 Å². The number of rotatable bonds is 1. The Labute approximate surface area is 81.5 Å². The molecule has 2 aromatic rings. The van der Waals surface area contributed by atoms with E-state index in [1.165, 1.54) is 0 Å². The summed E-state index contributed by atoms with van der Waals surface area (Å²) in [5.41, 5.74) is 0. The normalized spacial score (nSPS) is 10.5. The van der Waals surface area contributed by atoms with Crippen LogP contribution in [0.15, 0.2) is 31.8 Å². The Morgan fingerprint density at radius 2 is 2.17 bits per heavy atom. The quantitative estimate of drug-likeness (QED) is 0.777. The maximum Gasteiger partial charge on any atom is 0.263 e. The first-order valence-electron chi connectivity index (χ1n) is 3.13. The first kappa shape index (κ1) is 7.89. The second-order valence-corrected chi connectivity index (χ2v) is 3.23. The summed E-state index contributed by atoms with van der Waals surface area (Å²) in [4.78, 5) is 3.93. The molecule has 12 heavy (non-hydrogen) atoms. The molecule has 0 radical (unpaired) electrons. The molecule has 62 valence electrons. The molecule has 2 heterocycles. The van der Waals surface area contributed by atoms with E-state index in [1.54, 1.807) is 18.3 Å². The number of halogens is 2. The highest BCUT2D eigenvalue weighted by atomic mass is 79.9. The molecule has 0 spiro atoms. The molecule has 0 amide bonds. The summed E-state index contributed by atoms with van der Waals surface area (Å²) in [6.07, 6.45) is 1.55. The van der Waals surface area contributed by atoms with Crippen molar-refractivity contribution in [3.63, 3.8) is 0 Å². The van der Waals surface area contributed by atoms with Crippen molar-refractivity contribution in [3.8, 4) is 11.7 Å². The third-order valence-electron chi connectivity index (χ3n) is 1.26. The van der Waals surface area contributed by atoms with Crippen molar-refractivity contribution in [2.75, 3.05) is 0 Å². The summed E-state index contributed by atoms with van der Waals surface area (Å²) in [6, 6.07) is 3.33. The minimum Gasteiger partial charge on any atom is -0.440 e.